The monoisotopic (exact) mass is 271 g/mol. The van der Waals surface area contributed by atoms with Crippen molar-refractivity contribution in [3.8, 4) is 0 Å². The Kier molecular flexibility index (Phi) is 3.98. The van der Waals surface area contributed by atoms with E-state index >= 15 is 0 Å². The van der Waals surface area contributed by atoms with Crippen LogP contribution in [0.3, 0.4) is 0 Å². The van der Waals surface area contributed by atoms with Gasteiger partial charge in [0.1, 0.15) is 5.56 Å². The Labute approximate surface area is 117 Å². The summed E-state index contributed by atoms with van der Waals surface area (Å²) in [6, 6.07) is 8.02. The van der Waals surface area contributed by atoms with E-state index in [0.717, 1.165) is 5.56 Å². The number of carboxylic acid groups (broad SMARTS) is 1. The third kappa shape index (κ3) is 2.93. The molecule has 1 aromatic heterocycles. The summed E-state index contributed by atoms with van der Waals surface area (Å²) in [6.07, 6.45) is 0. The summed E-state index contributed by atoms with van der Waals surface area (Å²) in [5, 5.41) is 20.3. The van der Waals surface area contributed by atoms with Crippen LogP contribution in [0.2, 0.25) is 0 Å². The lowest BCUT2D eigenvalue weighted by Gasteiger charge is -2.11. The third-order valence-electron chi connectivity index (χ3n) is 3.25. The van der Waals surface area contributed by atoms with E-state index in [1.165, 1.54) is 5.56 Å². The van der Waals surface area contributed by atoms with Crippen molar-refractivity contribution in [2.24, 2.45) is 0 Å². The maximum atomic E-state index is 11.3. The number of aryl methyl sites for hydroxylation is 2. The van der Waals surface area contributed by atoms with Gasteiger partial charge in [0, 0.05) is 6.54 Å². The molecule has 5 heteroatoms. The molecule has 20 heavy (non-hydrogen) atoms. The number of hydrogen-bond acceptors (Lipinski definition) is 4. The molecule has 0 aliphatic rings. The highest BCUT2D eigenvalue weighted by molar-refractivity contribution is 5.94. The average Bonchev–Trinajstić information content (AvgIpc) is 2.41. The average molecular weight is 271 g/mol. The molecule has 0 saturated heterocycles. The molecule has 0 aliphatic carbocycles. The molecule has 0 bridgehead atoms. The normalized spacial score (nSPS) is 10.3. The van der Waals surface area contributed by atoms with Gasteiger partial charge in [0.2, 0.25) is 0 Å². The molecule has 5 nitrogen and oxygen atoms in total. The molecule has 1 aromatic carbocycles. The van der Waals surface area contributed by atoms with Crippen LogP contribution in [-0.4, -0.2) is 21.3 Å². The number of anilines is 1. The number of carboxylic acids is 1. The van der Waals surface area contributed by atoms with Crippen molar-refractivity contribution in [3.63, 3.8) is 0 Å². The van der Waals surface area contributed by atoms with Crippen LogP contribution in [0.1, 0.15) is 32.7 Å². The summed E-state index contributed by atoms with van der Waals surface area (Å²) >= 11 is 0. The summed E-state index contributed by atoms with van der Waals surface area (Å²) in [6.45, 7) is 6.02. The second-order valence-corrected chi connectivity index (χ2v) is 4.78. The number of nitrogens with zero attached hydrogens (tertiary/aromatic N) is 2. The van der Waals surface area contributed by atoms with Crippen LogP contribution in [0.5, 0.6) is 0 Å². The number of nitrogens with one attached hydrogen (secondary N) is 1. The van der Waals surface area contributed by atoms with Gasteiger partial charge in [-0.25, -0.2) is 4.79 Å². The molecule has 0 atom stereocenters. The molecular formula is C15H17N3O2. The molecule has 0 amide bonds. The van der Waals surface area contributed by atoms with E-state index in [-0.39, 0.29) is 5.56 Å². The zero-order chi connectivity index (χ0) is 14.7. The lowest BCUT2D eigenvalue weighted by atomic mass is 10.1. The lowest BCUT2D eigenvalue weighted by Crippen LogP contribution is -2.12. The van der Waals surface area contributed by atoms with Crippen molar-refractivity contribution >= 4 is 11.8 Å². The molecule has 0 unspecified atom stereocenters. The molecule has 0 radical (unpaired) electrons. The number of aromatic nitrogens is 2. The van der Waals surface area contributed by atoms with Gasteiger partial charge >= 0.3 is 5.97 Å². The van der Waals surface area contributed by atoms with E-state index in [9.17, 15) is 9.90 Å². The van der Waals surface area contributed by atoms with Crippen LogP contribution < -0.4 is 5.32 Å². The predicted octanol–water partition coefficient (Wildman–Crippen LogP) is 2.71. The van der Waals surface area contributed by atoms with E-state index in [1.54, 1.807) is 13.8 Å². The SMILES string of the molecule is Cc1ccc(CNc2nnc(C)c(C)c2C(=O)O)cc1. The lowest BCUT2D eigenvalue weighted by molar-refractivity contribution is 0.0696. The molecular weight excluding hydrogens is 254 g/mol. The van der Waals surface area contributed by atoms with Crippen LogP contribution in [0.25, 0.3) is 0 Å². The van der Waals surface area contributed by atoms with Gasteiger partial charge in [-0.1, -0.05) is 29.8 Å². The largest absolute Gasteiger partial charge is 0.478 e. The van der Waals surface area contributed by atoms with E-state index in [0.29, 0.717) is 23.6 Å². The molecule has 0 aliphatic heterocycles. The minimum Gasteiger partial charge on any atom is -0.478 e. The molecule has 2 rings (SSSR count). The van der Waals surface area contributed by atoms with Crippen LogP contribution in [-0.2, 0) is 6.54 Å². The minimum atomic E-state index is -0.994. The number of rotatable bonds is 4. The van der Waals surface area contributed by atoms with Crippen molar-refractivity contribution in [2.45, 2.75) is 27.3 Å². The molecule has 0 spiro atoms. The van der Waals surface area contributed by atoms with Gasteiger partial charge in [-0.2, -0.15) is 5.10 Å². The van der Waals surface area contributed by atoms with Crippen LogP contribution >= 0.6 is 0 Å². The second-order valence-electron chi connectivity index (χ2n) is 4.78. The van der Waals surface area contributed by atoms with Gasteiger partial charge in [0.25, 0.3) is 0 Å². The quantitative estimate of drug-likeness (QED) is 0.894. The van der Waals surface area contributed by atoms with Crippen LogP contribution in [0.4, 0.5) is 5.82 Å². The highest BCUT2D eigenvalue weighted by Gasteiger charge is 2.17. The van der Waals surface area contributed by atoms with Gasteiger partial charge in [-0.15, -0.1) is 5.10 Å². The van der Waals surface area contributed by atoms with Gasteiger partial charge in [0.05, 0.1) is 5.69 Å². The number of aromatic carboxylic acids is 1. The Hall–Kier alpha value is -2.43. The summed E-state index contributed by atoms with van der Waals surface area (Å²) < 4.78 is 0. The molecule has 2 N–H and O–H groups in total. The zero-order valence-electron chi connectivity index (χ0n) is 11.8. The zero-order valence-corrected chi connectivity index (χ0v) is 11.8. The number of carbonyl (C=O) groups is 1. The number of hydrogen-bond donors (Lipinski definition) is 2. The Morgan fingerprint density at radius 1 is 1.15 bits per heavy atom. The van der Waals surface area contributed by atoms with Gasteiger partial charge in [0.15, 0.2) is 5.82 Å². The summed E-state index contributed by atoms with van der Waals surface area (Å²) in [5.41, 5.74) is 3.70. The first-order valence-corrected chi connectivity index (χ1v) is 6.35. The Morgan fingerprint density at radius 3 is 2.40 bits per heavy atom. The fourth-order valence-electron chi connectivity index (χ4n) is 1.89. The van der Waals surface area contributed by atoms with Crippen molar-refractivity contribution in [3.05, 3.63) is 52.2 Å². The third-order valence-corrected chi connectivity index (χ3v) is 3.25. The first-order valence-electron chi connectivity index (χ1n) is 6.35. The second kappa shape index (κ2) is 5.69. The Morgan fingerprint density at radius 2 is 1.80 bits per heavy atom. The van der Waals surface area contributed by atoms with Gasteiger partial charge in [-0.05, 0) is 31.9 Å². The fourth-order valence-corrected chi connectivity index (χ4v) is 1.89. The Balaban J connectivity index is 2.23. The van der Waals surface area contributed by atoms with E-state index < -0.39 is 5.97 Å². The van der Waals surface area contributed by atoms with Gasteiger partial charge < -0.3 is 10.4 Å². The van der Waals surface area contributed by atoms with Crippen molar-refractivity contribution in [1.82, 2.24) is 10.2 Å². The molecule has 2 aromatic rings. The molecule has 1 heterocycles. The highest BCUT2D eigenvalue weighted by Crippen LogP contribution is 2.19. The van der Waals surface area contributed by atoms with Crippen LogP contribution in [0, 0.1) is 20.8 Å². The minimum absolute atomic E-state index is 0.185. The maximum absolute atomic E-state index is 11.3. The fraction of sp³-hybridized carbons (Fsp3) is 0.267. The van der Waals surface area contributed by atoms with Crippen molar-refractivity contribution < 1.29 is 9.90 Å². The highest BCUT2D eigenvalue weighted by atomic mass is 16.4. The molecule has 0 saturated carbocycles. The van der Waals surface area contributed by atoms with Crippen molar-refractivity contribution in [2.75, 3.05) is 5.32 Å². The van der Waals surface area contributed by atoms with E-state index in [4.69, 9.17) is 0 Å². The maximum Gasteiger partial charge on any atom is 0.339 e. The first kappa shape index (κ1) is 14.0. The van der Waals surface area contributed by atoms with E-state index in [2.05, 4.69) is 15.5 Å². The standard InChI is InChI=1S/C15H17N3O2/c1-9-4-6-12(7-5-9)8-16-14-13(15(19)20)10(2)11(3)17-18-14/h4-7H,8H2,1-3H3,(H,16,18)(H,19,20). The summed E-state index contributed by atoms with van der Waals surface area (Å²) in [5.74, 6) is -0.687. The smallest absolute Gasteiger partial charge is 0.339 e. The van der Waals surface area contributed by atoms with Crippen LogP contribution in [0.15, 0.2) is 24.3 Å². The van der Waals surface area contributed by atoms with Gasteiger partial charge in [-0.3, -0.25) is 0 Å². The molecule has 104 valence electrons. The Bertz CT molecular complexity index is 636. The summed E-state index contributed by atoms with van der Waals surface area (Å²) in [4.78, 5) is 11.3. The predicted molar refractivity (Wildman–Crippen MR) is 77.0 cm³/mol. The summed E-state index contributed by atoms with van der Waals surface area (Å²) in [7, 11) is 0. The topological polar surface area (TPSA) is 75.1 Å². The molecule has 0 fully saturated rings. The van der Waals surface area contributed by atoms with Crippen molar-refractivity contribution in [1.29, 1.82) is 0 Å². The van der Waals surface area contributed by atoms with E-state index in [1.807, 2.05) is 31.2 Å². The number of benzene rings is 1. The first-order chi connectivity index (χ1) is 9.49.